The van der Waals surface area contributed by atoms with Crippen LogP contribution in [-0.4, -0.2) is 131 Å². The van der Waals surface area contributed by atoms with Crippen LogP contribution in [0.25, 0.3) is 0 Å². The van der Waals surface area contributed by atoms with Crippen LogP contribution in [0.2, 0.25) is 0 Å². The molecule has 14 heteroatoms. The average molecular weight is 944 g/mol. The van der Waals surface area contributed by atoms with Crippen molar-refractivity contribution in [1.82, 2.24) is 25.3 Å². The second-order valence-corrected chi connectivity index (χ2v) is 19.7. The van der Waals surface area contributed by atoms with Crippen LogP contribution in [0.1, 0.15) is 208 Å². The zero-order valence-electron chi connectivity index (χ0n) is 41.9. The number of amides is 5. The molecule has 0 atom stereocenters. The molecule has 0 aromatic rings. The fourth-order valence-electron chi connectivity index (χ4n) is 7.27. The van der Waals surface area contributed by atoms with Gasteiger partial charge in [0.2, 0.25) is 29.5 Å². The van der Waals surface area contributed by atoms with Crippen molar-refractivity contribution >= 4 is 59.0 Å². The summed E-state index contributed by atoms with van der Waals surface area (Å²) in [5.41, 5.74) is 0. The third-order valence-corrected chi connectivity index (χ3v) is 13.2. The smallest absolute Gasteiger partial charge is 0.304 e. The summed E-state index contributed by atoms with van der Waals surface area (Å²) in [4.78, 5) is 74.1. The topological polar surface area (TPSA) is 156 Å². The molecule has 0 aromatic heterocycles. The van der Waals surface area contributed by atoms with Crippen molar-refractivity contribution in [3.8, 4) is 0 Å². The Balaban J connectivity index is 0. The summed E-state index contributed by atoms with van der Waals surface area (Å²) in [6.07, 6.45) is 32.8. The minimum Gasteiger partial charge on any atom is -0.481 e. The van der Waals surface area contributed by atoms with Crippen LogP contribution < -0.4 is 10.6 Å². The molecular weight excluding hydrogens is 847 g/mol. The van der Waals surface area contributed by atoms with Gasteiger partial charge in [-0.1, -0.05) is 155 Å². The fourth-order valence-corrected chi connectivity index (χ4v) is 9.01. The van der Waals surface area contributed by atoms with Crippen LogP contribution in [0.5, 0.6) is 0 Å². The third-order valence-electron chi connectivity index (χ3n) is 11.2. The number of unbranched alkanes of at least 4 members (excludes halogenated alkanes) is 22. The van der Waals surface area contributed by atoms with Gasteiger partial charge in [-0.3, -0.25) is 28.8 Å². The van der Waals surface area contributed by atoms with E-state index in [-0.39, 0.29) is 30.0 Å². The van der Waals surface area contributed by atoms with Crippen molar-refractivity contribution in [2.45, 2.75) is 208 Å². The number of aliphatic carboxylic acids is 1. The first-order valence-electron chi connectivity index (χ1n) is 25.5. The number of carboxylic acid groups (broad SMARTS) is 1. The maximum Gasteiger partial charge on any atom is 0.304 e. The summed E-state index contributed by atoms with van der Waals surface area (Å²) < 4.78 is 0. The molecule has 5 amide bonds. The highest BCUT2D eigenvalue weighted by Gasteiger charge is 2.14. The number of hydrogen-bond donors (Lipinski definition) is 3. The van der Waals surface area contributed by atoms with E-state index in [9.17, 15) is 28.8 Å². The van der Waals surface area contributed by atoms with Crippen molar-refractivity contribution in [2.24, 2.45) is 0 Å². The van der Waals surface area contributed by atoms with Crippen LogP contribution >= 0.6 is 23.5 Å². The van der Waals surface area contributed by atoms with Gasteiger partial charge in [-0.05, 0) is 12.8 Å². The SMILES string of the molecule is CC(=O)NCCN(CCSCCC(=O)O)C(C)=O.CCCCCCCCCCCCCCN(CCCCCCCCCCCCCC)C(=O)CCSCCN(CCNC(C)=O)C(C)=O. The van der Waals surface area contributed by atoms with Crippen LogP contribution in [-0.2, 0) is 28.8 Å². The number of nitrogens with zero attached hydrogens (tertiary/aromatic N) is 3. The lowest BCUT2D eigenvalue weighted by molar-refractivity contribution is -0.136. The summed E-state index contributed by atoms with van der Waals surface area (Å²) in [5.74, 6) is 2.14. The van der Waals surface area contributed by atoms with Crippen molar-refractivity contribution in [3.63, 3.8) is 0 Å². The minimum absolute atomic E-state index is 0.0259. The summed E-state index contributed by atoms with van der Waals surface area (Å²) >= 11 is 3.25. The molecule has 0 aromatic carbocycles. The number of nitrogens with one attached hydrogen (secondary N) is 2. The van der Waals surface area contributed by atoms with E-state index in [2.05, 4.69) is 29.4 Å². The maximum absolute atomic E-state index is 13.2. The number of carbonyl (C=O) groups excluding carboxylic acids is 5. The van der Waals surface area contributed by atoms with Gasteiger partial charge in [-0.25, -0.2) is 0 Å². The van der Waals surface area contributed by atoms with Gasteiger partial charge in [-0.2, -0.15) is 23.5 Å². The molecule has 0 aliphatic heterocycles. The lowest BCUT2D eigenvalue weighted by Gasteiger charge is -2.23. The monoisotopic (exact) mass is 944 g/mol. The summed E-state index contributed by atoms with van der Waals surface area (Å²) in [7, 11) is 0. The summed E-state index contributed by atoms with van der Waals surface area (Å²) in [6, 6.07) is 0. The van der Waals surface area contributed by atoms with Crippen LogP contribution in [0.15, 0.2) is 0 Å². The third kappa shape index (κ3) is 47.5. The van der Waals surface area contributed by atoms with Crippen molar-refractivity contribution in [3.05, 3.63) is 0 Å². The van der Waals surface area contributed by atoms with Gasteiger partial charge >= 0.3 is 5.97 Å². The van der Waals surface area contributed by atoms with E-state index < -0.39 is 5.97 Å². The zero-order valence-corrected chi connectivity index (χ0v) is 43.6. The zero-order chi connectivity index (χ0) is 47.9. The standard InChI is InChI=1S/C39H77N3O3S.C11H20N2O4S/c1-5-7-9-11-13-15-17-19-21-23-25-27-31-42(32-28-26-24-22-20-18-16-14-12-10-8-6-2)39(45)29-35-46-36-34-41(38(4)44)33-30-40-37(3)43;1-9(14)12-4-5-13(10(2)15)6-8-18-7-3-11(16)17/h5-36H2,1-4H3,(H,40,43);3-8H2,1-2H3,(H,12,14)(H,16,17). The Bertz CT molecular complexity index is 1140. The molecule has 0 bridgehead atoms. The normalized spacial score (nSPS) is 10.8. The predicted octanol–water partition coefficient (Wildman–Crippen LogP) is 10.5. The van der Waals surface area contributed by atoms with E-state index >= 15 is 0 Å². The molecule has 12 nitrogen and oxygen atoms in total. The quantitative estimate of drug-likeness (QED) is 0.0506. The minimum atomic E-state index is -0.809. The van der Waals surface area contributed by atoms with Crippen LogP contribution in [0, 0.1) is 0 Å². The van der Waals surface area contributed by atoms with E-state index in [0.29, 0.717) is 63.1 Å². The highest BCUT2D eigenvalue weighted by Crippen LogP contribution is 2.15. The number of carbonyl (C=O) groups is 6. The Morgan fingerprint density at radius 3 is 1.00 bits per heavy atom. The Kier molecular flexibility index (Phi) is 48.2. The highest BCUT2D eigenvalue weighted by molar-refractivity contribution is 7.99. The van der Waals surface area contributed by atoms with Gasteiger partial charge in [0.15, 0.2) is 0 Å². The second-order valence-electron chi connectivity index (χ2n) is 17.3. The maximum atomic E-state index is 13.2. The van der Waals surface area contributed by atoms with Crippen molar-refractivity contribution < 1.29 is 33.9 Å². The molecule has 0 unspecified atom stereocenters. The summed E-state index contributed by atoms with van der Waals surface area (Å²) in [6.45, 7) is 15.5. The molecule has 64 heavy (non-hydrogen) atoms. The number of thioether (sulfide) groups is 2. The van der Waals surface area contributed by atoms with E-state index in [0.717, 1.165) is 37.4 Å². The Hall–Kier alpha value is -2.48. The van der Waals surface area contributed by atoms with Gasteiger partial charge in [0.25, 0.3) is 0 Å². The molecule has 0 saturated heterocycles. The molecule has 376 valence electrons. The lowest BCUT2D eigenvalue weighted by atomic mass is 10.0. The molecule has 0 aliphatic rings. The molecule has 0 heterocycles. The number of carboxylic acids is 1. The average Bonchev–Trinajstić information content (AvgIpc) is 3.24. The molecule has 0 saturated carbocycles. The second kappa shape index (κ2) is 48.5. The van der Waals surface area contributed by atoms with Gasteiger partial charge < -0.3 is 30.4 Å². The van der Waals surface area contributed by atoms with Gasteiger partial charge in [0, 0.05) is 109 Å². The first-order valence-corrected chi connectivity index (χ1v) is 27.8. The Morgan fingerprint density at radius 1 is 0.391 bits per heavy atom. The Morgan fingerprint density at radius 2 is 0.703 bits per heavy atom. The van der Waals surface area contributed by atoms with E-state index in [1.165, 1.54) is 174 Å². The largest absolute Gasteiger partial charge is 0.481 e. The first kappa shape index (κ1) is 63.6. The van der Waals surface area contributed by atoms with Crippen molar-refractivity contribution in [2.75, 3.05) is 75.4 Å². The van der Waals surface area contributed by atoms with Gasteiger partial charge in [-0.15, -0.1) is 0 Å². The molecule has 0 radical (unpaired) electrons. The van der Waals surface area contributed by atoms with E-state index in [1.54, 1.807) is 28.5 Å². The fraction of sp³-hybridized carbons (Fsp3) is 0.880. The van der Waals surface area contributed by atoms with Crippen LogP contribution in [0.3, 0.4) is 0 Å². The Labute approximate surface area is 400 Å². The number of hydrogen-bond acceptors (Lipinski definition) is 8. The van der Waals surface area contributed by atoms with Gasteiger partial charge in [0.1, 0.15) is 0 Å². The molecule has 0 spiro atoms. The lowest BCUT2D eigenvalue weighted by Crippen LogP contribution is -2.38. The van der Waals surface area contributed by atoms with Gasteiger partial charge in [0.05, 0.1) is 6.42 Å². The van der Waals surface area contributed by atoms with E-state index in [1.807, 2.05) is 0 Å². The first-order chi connectivity index (χ1) is 30.8. The molecular formula is C50H97N5O7S2. The highest BCUT2D eigenvalue weighted by atomic mass is 32.2. The summed E-state index contributed by atoms with van der Waals surface area (Å²) in [5, 5.41) is 13.8. The molecule has 0 aliphatic carbocycles. The van der Waals surface area contributed by atoms with Crippen LogP contribution in [0.4, 0.5) is 0 Å². The van der Waals surface area contributed by atoms with E-state index in [4.69, 9.17) is 5.11 Å². The molecule has 0 fully saturated rings. The molecule has 3 N–H and O–H groups in total. The molecule has 0 rings (SSSR count). The number of rotatable bonds is 44. The van der Waals surface area contributed by atoms with Crippen molar-refractivity contribution in [1.29, 1.82) is 0 Å². The predicted molar refractivity (Wildman–Crippen MR) is 272 cm³/mol.